The first-order chi connectivity index (χ1) is 7.09. The first-order valence-electron chi connectivity index (χ1n) is 5.25. The standard InChI is InChI=1S/C12H16BrNO/c1-9-8-14-12(2,15-9)7-10-5-3-4-6-11(10)13/h3-6,9,14H,7-8H2,1-2H3. The second kappa shape index (κ2) is 4.24. The van der Waals surface area contributed by atoms with Crippen LogP contribution in [0.15, 0.2) is 28.7 Å². The second-order valence-electron chi connectivity index (χ2n) is 4.31. The summed E-state index contributed by atoms with van der Waals surface area (Å²) in [7, 11) is 0. The Kier molecular flexibility index (Phi) is 3.14. The Labute approximate surface area is 99.1 Å². The van der Waals surface area contributed by atoms with Crippen molar-refractivity contribution in [3.05, 3.63) is 34.3 Å². The third kappa shape index (κ3) is 2.60. The van der Waals surface area contributed by atoms with E-state index in [1.54, 1.807) is 0 Å². The van der Waals surface area contributed by atoms with Gasteiger partial charge in [0.2, 0.25) is 0 Å². The zero-order chi connectivity index (χ0) is 10.9. The highest BCUT2D eigenvalue weighted by Gasteiger charge is 2.33. The molecule has 0 radical (unpaired) electrons. The van der Waals surface area contributed by atoms with Gasteiger partial charge in [-0.05, 0) is 25.5 Å². The molecule has 1 heterocycles. The fraction of sp³-hybridized carbons (Fsp3) is 0.500. The van der Waals surface area contributed by atoms with Crippen LogP contribution in [0.1, 0.15) is 19.4 Å². The van der Waals surface area contributed by atoms with Gasteiger partial charge in [0.1, 0.15) is 5.72 Å². The molecule has 1 saturated heterocycles. The SMILES string of the molecule is CC1CNC(C)(Cc2ccccc2Br)O1. The number of halogens is 1. The van der Waals surface area contributed by atoms with Crippen LogP contribution in [0.4, 0.5) is 0 Å². The predicted octanol–water partition coefficient (Wildman–Crippen LogP) is 2.72. The Bertz CT molecular complexity index is 355. The van der Waals surface area contributed by atoms with Crippen LogP contribution < -0.4 is 5.32 Å². The van der Waals surface area contributed by atoms with Crippen LogP contribution in [0.25, 0.3) is 0 Å². The van der Waals surface area contributed by atoms with Crippen LogP contribution in [-0.4, -0.2) is 18.4 Å². The number of benzene rings is 1. The van der Waals surface area contributed by atoms with Crippen LogP contribution in [-0.2, 0) is 11.2 Å². The maximum absolute atomic E-state index is 5.88. The number of hydrogen-bond donors (Lipinski definition) is 1. The molecule has 0 bridgehead atoms. The van der Waals surface area contributed by atoms with Crippen molar-refractivity contribution < 1.29 is 4.74 Å². The summed E-state index contributed by atoms with van der Waals surface area (Å²) < 4.78 is 7.02. The van der Waals surface area contributed by atoms with Gasteiger partial charge in [0.05, 0.1) is 6.10 Å². The Balaban J connectivity index is 2.12. The molecular formula is C12H16BrNO. The van der Waals surface area contributed by atoms with Crippen LogP contribution in [0, 0.1) is 0 Å². The predicted molar refractivity (Wildman–Crippen MR) is 64.8 cm³/mol. The molecule has 2 atom stereocenters. The van der Waals surface area contributed by atoms with Crippen molar-refractivity contribution >= 4 is 15.9 Å². The quantitative estimate of drug-likeness (QED) is 0.892. The molecule has 1 aliphatic heterocycles. The molecule has 2 unspecified atom stereocenters. The molecule has 2 nitrogen and oxygen atoms in total. The second-order valence-corrected chi connectivity index (χ2v) is 5.16. The van der Waals surface area contributed by atoms with Gasteiger partial charge in [0, 0.05) is 17.4 Å². The Hall–Kier alpha value is -0.380. The normalized spacial score (nSPS) is 30.7. The van der Waals surface area contributed by atoms with E-state index >= 15 is 0 Å². The van der Waals surface area contributed by atoms with E-state index in [0.29, 0.717) is 6.10 Å². The van der Waals surface area contributed by atoms with Crippen molar-refractivity contribution in [1.82, 2.24) is 5.32 Å². The monoisotopic (exact) mass is 269 g/mol. The number of rotatable bonds is 2. The van der Waals surface area contributed by atoms with E-state index in [0.717, 1.165) is 17.4 Å². The lowest BCUT2D eigenvalue weighted by atomic mass is 10.0. The van der Waals surface area contributed by atoms with Crippen molar-refractivity contribution in [1.29, 1.82) is 0 Å². The van der Waals surface area contributed by atoms with Crippen molar-refractivity contribution in [3.63, 3.8) is 0 Å². The van der Waals surface area contributed by atoms with E-state index in [4.69, 9.17) is 4.74 Å². The number of hydrogen-bond acceptors (Lipinski definition) is 2. The average Bonchev–Trinajstić information content (AvgIpc) is 2.51. The minimum Gasteiger partial charge on any atom is -0.356 e. The third-order valence-electron chi connectivity index (χ3n) is 2.71. The molecule has 1 aliphatic rings. The molecule has 1 aromatic rings. The summed E-state index contributed by atoms with van der Waals surface area (Å²) in [5, 5.41) is 3.42. The van der Waals surface area contributed by atoms with E-state index in [1.165, 1.54) is 5.56 Å². The van der Waals surface area contributed by atoms with Crippen molar-refractivity contribution in [3.8, 4) is 0 Å². The average molecular weight is 270 g/mol. The van der Waals surface area contributed by atoms with Crippen LogP contribution in [0.5, 0.6) is 0 Å². The first-order valence-corrected chi connectivity index (χ1v) is 6.05. The van der Waals surface area contributed by atoms with Gasteiger partial charge in [-0.2, -0.15) is 0 Å². The summed E-state index contributed by atoms with van der Waals surface area (Å²) in [5.74, 6) is 0. The Morgan fingerprint density at radius 3 is 2.87 bits per heavy atom. The summed E-state index contributed by atoms with van der Waals surface area (Å²) in [6.45, 7) is 5.13. The molecule has 0 aromatic heterocycles. The lowest BCUT2D eigenvalue weighted by molar-refractivity contribution is -0.0293. The maximum Gasteiger partial charge on any atom is 0.121 e. The van der Waals surface area contributed by atoms with Gasteiger partial charge in [-0.25, -0.2) is 0 Å². The van der Waals surface area contributed by atoms with Gasteiger partial charge >= 0.3 is 0 Å². The smallest absolute Gasteiger partial charge is 0.121 e. The van der Waals surface area contributed by atoms with Gasteiger partial charge < -0.3 is 4.74 Å². The molecular weight excluding hydrogens is 254 g/mol. The fourth-order valence-electron chi connectivity index (χ4n) is 2.00. The van der Waals surface area contributed by atoms with Gasteiger partial charge in [-0.15, -0.1) is 0 Å². The molecule has 82 valence electrons. The number of ether oxygens (including phenoxy) is 1. The minimum absolute atomic E-state index is 0.219. The number of nitrogens with one attached hydrogen (secondary N) is 1. The summed E-state index contributed by atoms with van der Waals surface area (Å²) in [4.78, 5) is 0. The van der Waals surface area contributed by atoms with Crippen LogP contribution in [0.2, 0.25) is 0 Å². The summed E-state index contributed by atoms with van der Waals surface area (Å²) in [6, 6.07) is 8.28. The molecule has 0 amide bonds. The fourth-order valence-corrected chi connectivity index (χ4v) is 2.42. The van der Waals surface area contributed by atoms with Crippen molar-refractivity contribution in [2.45, 2.75) is 32.1 Å². The van der Waals surface area contributed by atoms with E-state index in [-0.39, 0.29) is 5.72 Å². The summed E-state index contributed by atoms with van der Waals surface area (Å²) in [6.07, 6.45) is 1.19. The molecule has 2 rings (SSSR count). The van der Waals surface area contributed by atoms with Crippen molar-refractivity contribution in [2.24, 2.45) is 0 Å². The molecule has 1 aromatic carbocycles. The molecule has 1 fully saturated rings. The van der Waals surface area contributed by atoms with E-state index < -0.39 is 0 Å². The molecule has 1 N–H and O–H groups in total. The molecule has 0 saturated carbocycles. The van der Waals surface area contributed by atoms with Gasteiger partial charge in [0.25, 0.3) is 0 Å². The van der Waals surface area contributed by atoms with Crippen LogP contribution in [0.3, 0.4) is 0 Å². The lowest BCUT2D eigenvalue weighted by Crippen LogP contribution is -2.39. The van der Waals surface area contributed by atoms with E-state index in [9.17, 15) is 0 Å². The topological polar surface area (TPSA) is 21.3 Å². The largest absolute Gasteiger partial charge is 0.356 e. The highest BCUT2D eigenvalue weighted by molar-refractivity contribution is 9.10. The molecule has 0 aliphatic carbocycles. The Morgan fingerprint density at radius 1 is 1.53 bits per heavy atom. The van der Waals surface area contributed by atoms with Gasteiger partial charge in [0.15, 0.2) is 0 Å². The third-order valence-corrected chi connectivity index (χ3v) is 3.48. The van der Waals surface area contributed by atoms with E-state index in [2.05, 4.69) is 53.3 Å². The Morgan fingerprint density at radius 2 is 2.27 bits per heavy atom. The zero-order valence-electron chi connectivity index (χ0n) is 9.09. The summed E-state index contributed by atoms with van der Waals surface area (Å²) in [5.41, 5.74) is 1.06. The lowest BCUT2D eigenvalue weighted by Gasteiger charge is -2.24. The summed E-state index contributed by atoms with van der Waals surface area (Å²) >= 11 is 3.56. The highest BCUT2D eigenvalue weighted by atomic mass is 79.9. The van der Waals surface area contributed by atoms with Gasteiger partial charge in [-0.3, -0.25) is 5.32 Å². The minimum atomic E-state index is -0.219. The zero-order valence-corrected chi connectivity index (χ0v) is 10.7. The molecule has 15 heavy (non-hydrogen) atoms. The van der Waals surface area contributed by atoms with Crippen LogP contribution >= 0.6 is 15.9 Å². The van der Waals surface area contributed by atoms with Crippen molar-refractivity contribution in [2.75, 3.05) is 6.54 Å². The van der Waals surface area contributed by atoms with Gasteiger partial charge in [-0.1, -0.05) is 34.1 Å². The highest BCUT2D eigenvalue weighted by Crippen LogP contribution is 2.25. The maximum atomic E-state index is 5.88. The molecule has 0 spiro atoms. The first kappa shape index (κ1) is 11.1. The van der Waals surface area contributed by atoms with E-state index in [1.807, 2.05) is 6.07 Å². The molecule has 3 heteroatoms.